The Bertz CT molecular complexity index is 33.4. The number of hydrogen-bond acceptors (Lipinski definition) is 0. The van der Waals surface area contributed by atoms with Gasteiger partial charge in [-0.05, 0) is 5.92 Å². The van der Waals surface area contributed by atoms with E-state index in [4.69, 9.17) is 0 Å². The van der Waals surface area contributed by atoms with Gasteiger partial charge in [-0.3, -0.25) is 0 Å². The summed E-state index contributed by atoms with van der Waals surface area (Å²) in [5, 5.41) is 0. The third-order valence-corrected chi connectivity index (χ3v) is 1.41. The fourth-order valence-electron chi connectivity index (χ4n) is 0.943. The first-order chi connectivity index (χ1) is 3.13. The zero-order valence-electron chi connectivity index (χ0n) is 5.86. The van der Waals surface area contributed by atoms with Crippen molar-refractivity contribution in [2.24, 2.45) is 5.92 Å². The van der Waals surface area contributed by atoms with Crippen LogP contribution < -0.4 is 0 Å². The maximum Gasteiger partial charge on any atom is 0.00639 e. The van der Waals surface area contributed by atoms with Crippen molar-refractivity contribution < 1.29 is 0 Å². The van der Waals surface area contributed by atoms with E-state index in [1.54, 1.807) is 0 Å². The Labute approximate surface area is 49.7 Å². The lowest BCUT2D eigenvalue weighted by Crippen LogP contribution is -1.92. The van der Waals surface area contributed by atoms with Gasteiger partial charge in [0.05, 0.1) is 0 Å². The second-order valence-corrected chi connectivity index (χ2v) is 4.99. The Morgan fingerprint density at radius 2 is 1.71 bits per heavy atom. The topological polar surface area (TPSA) is 0 Å². The standard InChI is InChI=1S/C6H16Si/c1-5(2)4-6(3)7/h5-6H,4H2,1-3,7H3. The number of rotatable bonds is 2. The second-order valence-electron chi connectivity index (χ2n) is 3.02. The third kappa shape index (κ3) is 6.22. The summed E-state index contributed by atoms with van der Waals surface area (Å²) < 4.78 is 0. The third-order valence-electron chi connectivity index (χ3n) is 0.943. The van der Waals surface area contributed by atoms with Crippen LogP contribution in [0.4, 0.5) is 0 Å². The highest BCUT2D eigenvalue weighted by atomic mass is 28.1. The molecule has 0 saturated carbocycles. The highest BCUT2D eigenvalue weighted by molar-refractivity contribution is 6.11. The minimum atomic E-state index is 0.910. The molecule has 0 N–H and O–H groups in total. The normalized spacial score (nSPS) is 15.4. The molecule has 1 heteroatoms. The van der Waals surface area contributed by atoms with Crippen LogP contribution in [-0.4, -0.2) is 10.2 Å². The van der Waals surface area contributed by atoms with Gasteiger partial charge >= 0.3 is 0 Å². The average molecular weight is 116 g/mol. The van der Waals surface area contributed by atoms with Gasteiger partial charge in [0.15, 0.2) is 0 Å². The van der Waals surface area contributed by atoms with Crippen molar-refractivity contribution >= 4 is 10.2 Å². The molecule has 0 aromatic rings. The average Bonchev–Trinajstić information content (AvgIpc) is 1.27. The molecule has 0 aliphatic rings. The summed E-state index contributed by atoms with van der Waals surface area (Å²) in [7, 11) is 1.37. The quantitative estimate of drug-likeness (QED) is 0.476. The van der Waals surface area contributed by atoms with Crippen LogP contribution in [0.2, 0.25) is 5.54 Å². The van der Waals surface area contributed by atoms with Gasteiger partial charge < -0.3 is 0 Å². The van der Waals surface area contributed by atoms with Crippen LogP contribution in [0.1, 0.15) is 27.2 Å². The van der Waals surface area contributed by atoms with E-state index in [1.807, 2.05) is 0 Å². The van der Waals surface area contributed by atoms with Crippen LogP contribution in [0, 0.1) is 5.92 Å². The largest absolute Gasteiger partial charge is 0.0657 e. The molecule has 0 aliphatic carbocycles. The fourth-order valence-corrected chi connectivity index (χ4v) is 1.89. The van der Waals surface area contributed by atoms with E-state index in [0.717, 1.165) is 11.5 Å². The van der Waals surface area contributed by atoms with Gasteiger partial charge in [0.1, 0.15) is 0 Å². The Morgan fingerprint density at radius 3 is 1.71 bits per heavy atom. The molecule has 0 amide bonds. The molecule has 0 spiro atoms. The monoisotopic (exact) mass is 116 g/mol. The summed E-state index contributed by atoms with van der Waals surface area (Å²) >= 11 is 0. The van der Waals surface area contributed by atoms with Crippen molar-refractivity contribution in [3.05, 3.63) is 0 Å². The highest BCUT2D eigenvalue weighted by Gasteiger charge is 1.95. The summed E-state index contributed by atoms with van der Waals surface area (Å²) in [5.74, 6) is 0.910. The molecular weight excluding hydrogens is 100 g/mol. The molecule has 0 aliphatic heterocycles. The van der Waals surface area contributed by atoms with Crippen LogP contribution in [-0.2, 0) is 0 Å². The smallest absolute Gasteiger partial charge is 0.00639 e. The van der Waals surface area contributed by atoms with Gasteiger partial charge in [0, 0.05) is 10.2 Å². The fraction of sp³-hybridized carbons (Fsp3) is 1.00. The van der Waals surface area contributed by atoms with E-state index in [2.05, 4.69) is 20.8 Å². The van der Waals surface area contributed by atoms with E-state index in [-0.39, 0.29) is 0 Å². The minimum absolute atomic E-state index is 0.910. The Kier molecular flexibility index (Phi) is 3.35. The van der Waals surface area contributed by atoms with Gasteiger partial charge in [-0.15, -0.1) is 0 Å². The van der Waals surface area contributed by atoms with Crippen molar-refractivity contribution in [3.63, 3.8) is 0 Å². The number of hydrogen-bond donors (Lipinski definition) is 0. The summed E-state index contributed by atoms with van der Waals surface area (Å²) in [4.78, 5) is 0. The molecule has 1 unspecified atom stereocenters. The molecule has 7 heavy (non-hydrogen) atoms. The van der Waals surface area contributed by atoms with E-state index in [9.17, 15) is 0 Å². The second kappa shape index (κ2) is 3.25. The lowest BCUT2D eigenvalue weighted by molar-refractivity contribution is 0.576. The van der Waals surface area contributed by atoms with Crippen molar-refractivity contribution in [1.29, 1.82) is 0 Å². The molecule has 0 bridgehead atoms. The van der Waals surface area contributed by atoms with Crippen LogP contribution in [0.15, 0.2) is 0 Å². The molecular formula is C6H16Si. The summed E-state index contributed by atoms with van der Waals surface area (Å²) in [6, 6.07) is 0. The molecule has 0 saturated heterocycles. The SMILES string of the molecule is CC(C)CC(C)[SiH3]. The van der Waals surface area contributed by atoms with Crippen molar-refractivity contribution in [2.45, 2.75) is 32.7 Å². The molecule has 44 valence electrons. The van der Waals surface area contributed by atoms with Crippen molar-refractivity contribution in [2.75, 3.05) is 0 Å². The Morgan fingerprint density at radius 1 is 1.29 bits per heavy atom. The molecule has 0 rings (SSSR count). The maximum atomic E-state index is 2.33. The maximum absolute atomic E-state index is 2.33. The van der Waals surface area contributed by atoms with E-state index in [1.165, 1.54) is 16.7 Å². The lowest BCUT2D eigenvalue weighted by atomic mass is 10.1. The van der Waals surface area contributed by atoms with E-state index < -0.39 is 0 Å². The van der Waals surface area contributed by atoms with Crippen LogP contribution in [0.5, 0.6) is 0 Å². The summed E-state index contributed by atoms with van der Waals surface area (Å²) in [6.45, 7) is 6.90. The first kappa shape index (κ1) is 7.22. The molecule has 0 nitrogen and oxygen atoms in total. The first-order valence-electron chi connectivity index (χ1n) is 3.13. The molecule has 0 radical (unpaired) electrons. The van der Waals surface area contributed by atoms with Crippen molar-refractivity contribution in [1.82, 2.24) is 0 Å². The van der Waals surface area contributed by atoms with Gasteiger partial charge in [-0.25, -0.2) is 0 Å². The molecule has 0 aromatic carbocycles. The molecule has 1 atom stereocenters. The highest BCUT2D eigenvalue weighted by Crippen LogP contribution is 2.10. The van der Waals surface area contributed by atoms with Gasteiger partial charge in [-0.2, -0.15) is 0 Å². The lowest BCUT2D eigenvalue weighted by Gasteiger charge is -2.05. The van der Waals surface area contributed by atoms with Gasteiger partial charge in [0.2, 0.25) is 0 Å². The van der Waals surface area contributed by atoms with Gasteiger partial charge in [0.25, 0.3) is 0 Å². The van der Waals surface area contributed by atoms with Crippen molar-refractivity contribution in [3.8, 4) is 0 Å². The molecule has 0 heterocycles. The van der Waals surface area contributed by atoms with E-state index >= 15 is 0 Å². The summed E-state index contributed by atoms with van der Waals surface area (Å²) in [5.41, 5.74) is 1.01. The zero-order chi connectivity index (χ0) is 5.86. The predicted octanol–water partition coefficient (Wildman–Crippen LogP) is 1.21. The molecule has 0 fully saturated rings. The van der Waals surface area contributed by atoms with Crippen LogP contribution in [0.25, 0.3) is 0 Å². The predicted molar refractivity (Wildman–Crippen MR) is 38.8 cm³/mol. The van der Waals surface area contributed by atoms with Crippen LogP contribution in [0.3, 0.4) is 0 Å². The van der Waals surface area contributed by atoms with E-state index in [0.29, 0.717) is 0 Å². The Hall–Kier alpha value is 0.217. The molecule has 0 aromatic heterocycles. The van der Waals surface area contributed by atoms with Gasteiger partial charge in [-0.1, -0.05) is 32.7 Å². The summed E-state index contributed by atoms with van der Waals surface area (Å²) in [6.07, 6.45) is 1.42. The zero-order valence-corrected chi connectivity index (χ0v) is 7.86. The minimum Gasteiger partial charge on any atom is -0.0657 e. The van der Waals surface area contributed by atoms with Crippen LogP contribution >= 0.6 is 0 Å². The Balaban J connectivity index is 2.95. The first-order valence-corrected chi connectivity index (χ1v) is 4.28.